The van der Waals surface area contributed by atoms with E-state index in [1.165, 1.54) is 16.3 Å². The molecule has 4 heteroatoms. The molecule has 4 nitrogen and oxygen atoms in total. The molecule has 0 radical (unpaired) electrons. The van der Waals surface area contributed by atoms with Crippen LogP contribution in [-0.4, -0.2) is 12.9 Å². The number of rotatable bonds is 2. The molecule has 0 saturated heterocycles. The van der Waals surface area contributed by atoms with Crippen LogP contribution in [0.1, 0.15) is 42.1 Å². The van der Waals surface area contributed by atoms with E-state index in [9.17, 15) is 4.79 Å². The van der Waals surface area contributed by atoms with Crippen molar-refractivity contribution >= 4 is 16.6 Å². The Morgan fingerprint density at radius 1 is 1.00 bits per heavy atom. The highest BCUT2D eigenvalue weighted by atomic mass is 16.7. The monoisotopic (exact) mass is 398 g/mol. The minimum absolute atomic E-state index is 0.144. The molecule has 3 aromatic carbocycles. The van der Waals surface area contributed by atoms with Crippen LogP contribution in [0.2, 0.25) is 0 Å². The van der Waals surface area contributed by atoms with Gasteiger partial charge in [0.25, 0.3) is 0 Å². The van der Waals surface area contributed by atoms with Gasteiger partial charge in [-0.15, -0.1) is 0 Å². The molecule has 1 aliphatic carbocycles. The summed E-state index contributed by atoms with van der Waals surface area (Å²) < 4.78 is 18.6. The third-order valence-corrected chi connectivity index (χ3v) is 6.57. The van der Waals surface area contributed by atoms with Gasteiger partial charge in [0.15, 0.2) is 5.78 Å². The molecule has 2 atom stereocenters. The van der Waals surface area contributed by atoms with Gasteiger partial charge in [0, 0.05) is 24.8 Å². The van der Waals surface area contributed by atoms with Crippen molar-refractivity contribution in [1.82, 2.24) is 0 Å². The number of hydrogen-bond acceptors (Lipinski definition) is 4. The van der Waals surface area contributed by atoms with Crippen LogP contribution in [0.25, 0.3) is 10.8 Å². The van der Waals surface area contributed by atoms with Crippen LogP contribution in [-0.2, 0) is 26.5 Å². The SMILES string of the molecule is COc1ccc(C23Cc4c(ccc5ccccc45)C(O2)C2=C(CCCC2=O)O3)cc1. The minimum Gasteiger partial charge on any atom is -0.497 e. The first-order chi connectivity index (χ1) is 14.7. The standard InChI is InChI=1S/C26H22O4/c1-28-18-12-10-17(11-13-18)26-15-21-19-6-3-2-5-16(19)9-14-20(21)25(30-26)24-22(27)7-4-8-23(24)29-26/h2-3,5-6,9-14,25H,4,7-8,15H2,1H3. The molecule has 0 spiro atoms. The van der Waals surface area contributed by atoms with E-state index in [1.54, 1.807) is 7.11 Å². The first-order valence-corrected chi connectivity index (χ1v) is 10.5. The lowest BCUT2D eigenvalue weighted by atomic mass is 9.79. The van der Waals surface area contributed by atoms with E-state index in [4.69, 9.17) is 14.2 Å². The maximum absolute atomic E-state index is 12.9. The zero-order valence-corrected chi connectivity index (χ0v) is 16.8. The molecule has 6 rings (SSSR count). The average Bonchev–Trinajstić information content (AvgIpc) is 2.79. The second-order valence-corrected chi connectivity index (χ2v) is 8.23. The van der Waals surface area contributed by atoms with Crippen molar-refractivity contribution in [2.45, 2.75) is 37.6 Å². The quantitative estimate of drug-likeness (QED) is 0.584. The van der Waals surface area contributed by atoms with Crippen molar-refractivity contribution in [3.8, 4) is 5.75 Å². The van der Waals surface area contributed by atoms with Gasteiger partial charge in [0.2, 0.25) is 5.79 Å². The predicted octanol–water partition coefficient (Wildman–Crippen LogP) is 5.35. The summed E-state index contributed by atoms with van der Waals surface area (Å²) in [5.74, 6) is 0.796. The number of hydrogen-bond donors (Lipinski definition) is 0. The van der Waals surface area contributed by atoms with E-state index < -0.39 is 11.9 Å². The van der Waals surface area contributed by atoms with Gasteiger partial charge in [-0.2, -0.15) is 0 Å². The van der Waals surface area contributed by atoms with E-state index in [-0.39, 0.29) is 5.78 Å². The molecule has 2 bridgehead atoms. The largest absolute Gasteiger partial charge is 0.497 e. The molecule has 2 aliphatic heterocycles. The normalized spacial score (nSPS) is 24.8. The fourth-order valence-electron chi connectivity index (χ4n) is 5.10. The summed E-state index contributed by atoms with van der Waals surface area (Å²) in [6.45, 7) is 0. The molecule has 0 N–H and O–H groups in total. The Hall–Kier alpha value is -3.11. The number of Topliss-reactive ketones (excluding diaryl/α,β-unsaturated/α-hetero) is 1. The maximum Gasteiger partial charge on any atom is 0.241 e. The lowest BCUT2D eigenvalue weighted by molar-refractivity contribution is -0.270. The topological polar surface area (TPSA) is 44.8 Å². The van der Waals surface area contributed by atoms with Gasteiger partial charge in [-0.1, -0.05) is 36.4 Å². The van der Waals surface area contributed by atoms with Gasteiger partial charge in [-0.05, 0) is 52.6 Å². The summed E-state index contributed by atoms with van der Waals surface area (Å²) in [6.07, 6.45) is 2.37. The van der Waals surface area contributed by atoms with Gasteiger partial charge < -0.3 is 14.2 Å². The van der Waals surface area contributed by atoms with Crippen LogP contribution < -0.4 is 4.74 Å². The molecular formula is C26H22O4. The van der Waals surface area contributed by atoms with Gasteiger partial charge >= 0.3 is 0 Å². The molecule has 30 heavy (non-hydrogen) atoms. The van der Waals surface area contributed by atoms with Gasteiger partial charge in [-0.3, -0.25) is 4.79 Å². The van der Waals surface area contributed by atoms with E-state index in [0.29, 0.717) is 18.4 Å². The van der Waals surface area contributed by atoms with E-state index >= 15 is 0 Å². The zero-order valence-electron chi connectivity index (χ0n) is 16.8. The lowest BCUT2D eigenvalue weighted by Gasteiger charge is -2.48. The number of carbonyl (C=O) groups excluding carboxylic acids is 1. The Morgan fingerprint density at radius 2 is 1.83 bits per heavy atom. The highest BCUT2D eigenvalue weighted by Gasteiger charge is 2.51. The van der Waals surface area contributed by atoms with Crippen LogP contribution in [0.4, 0.5) is 0 Å². The zero-order chi connectivity index (χ0) is 20.3. The minimum atomic E-state index is -0.940. The third kappa shape index (κ3) is 2.47. The van der Waals surface area contributed by atoms with Crippen molar-refractivity contribution < 1.29 is 19.0 Å². The molecule has 0 amide bonds. The predicted molar refractivity (Wildman–Crippen MR) is 113 cm³/mol. The summed E-state index contributed by atoms with van der Waals surface area (Å²) in [4.78, 5) is 12.9. The first kappa shape index (κ1) is 17.7. The third-order valence-electron chi connectivity index (χ3n) is 6.57. The second-order valence-electron chi connectivity index (χ2n) is 8.23. The summed E-state index contributed by atoms with van der Waals surface area (Å²) in [5.41, 5.74) is 3.94. The molecule has 150 valence electrons. The van der Waals surface area contributed by atoms with Crippen molar-refractivity contribution in [3.63, 3.8) is 0 Å². The number of methoxy groups -OCH3 is 1. The molecule has 0 aromatic heterocycles. The van der Waals surface area contributed by atoms with Crippen molar-refractivity contribution in [1.29, 1.82) is 0 Å². The van der Waals surface area contributed by atoms with Gasteiger partial charge in [0.1, 0.15) is 17.6 Å². The number of ketones is 1. The van der Waals surface area contributed by atoms with Crippen molar-refractivity contribution in [2.75, 3.05) is 7.11 Å². The van der Waals surface area contributed by atoms with Crippen LogP contribution in [0.3, 0.4) is 0 Å². The lowest BCUT2D eigenvalue weighted by Crippen LogP contribution is -2.46. The Labute approximate surface area is 175 Å². The summed E-state index contributed by atoms with van der Waals surface area (Å²) in [7, 11) is 1.66. The molecule has 3 aliphatic rings. The fraction of sp³-hybridized carbons (Fsp3) is 0.269. The van der Waals surface area contributed by atoms with E-state index in [1.807, 2.05) is 24.3 Å². The molecule has 0 saturated carbocycles. The van der Waals surface area contributed by atoms with Crippen LogP contribution in [0.5, 0.6) is 5.75 Å². The van der Waals surface area contributed by atoms with Crippen molar-refractivity contribution in [2.24, 2.45) is 0 Å². The highest BCUT2D eigenvalue weighted by molar-refractivity contribution is 5.98. The first-order valence-electron chi connectivity index (χ1n) is 10.5. The molecule has 0 fully saturated rings. The van der Waals surface area contributed by atoms with Crippen LogP contribution in [0.15, 0.2) is 72.0 Å². The van der Waals surface area contributed by atoms with Crippen LogP contribution in [0, 0.1) is 0 Å². The summed E-state index contributed by atoms with van der Waals surface area (Å²) >= 11 is 0. The second kappa shape index (κ2) is 6.44. The highest BCUT2D eigenvalue weighted by Crippen LogP contribution is 2.54. The molecule has 3 aromatic rings. The molecule has 2 unspecified atom stereocenters. The number of ether oxygens (including phenoxy) is 3. The Bertz CT molecular complexity index is 1210. The number of benzene rings is 3. The summed E-state index contributed by atoms with van der Waals surface area (Å²) in [6, 6.07) is 20.5. The van der Waals surface area contributed by atoms with E-state index in [0.717, 1.165) is 35.5 Å². The Morgan fingerprint density at radius 3 is 2.67 bits per heavy atom. The smallest absolute Gasteiger partial charge is 0.241 e. The maximum atomic E-state index is 12.9. The van der Waals surface area contributed by atoms with E-state index in [2.05, 4.69) is 36.4 Å². The van der Waals surface area contributed by atoms with Crippen molar-refractivity contribution in [3.05, 3.63) is 88.7 Å². The van der Waals surface area contributed by atoms with Gasteiger partial charge in [0.05, 0.1) is 12.7 Å². The average molecular weight is 398 g/mol. The number of carbonyl (C=O) groups is 1. The summed E-state index contributed by atoms with van der Waals surface area (Å²) in [5, 5.41) is 2.38. The fourth-order valence-corrected chi connectivity index (χ4v) is 5.10. The number of allylic oxidation sites excluding steroid dienone is 1. The Balaban J connectivity index is 1.60. The molecule has 2 heterocycles. The molecular weight excluding hydrogens is 376 g/mol. The van der Waals surface area contributed by atoms with Gasteiger partial charge in [-0.25, -0.2) is 0 Å². The Kier molecular flexibility index (Phi) is 3.81. The van der Waals surface area contributed by atoms with Crippen LogP contribution >= 0.6 is 0 Å². The number of fused-ring (bicyclic) bond motifs is 7.